The fraction of sp³-hybridized carbons (Fsp3) is 0.227. The van der Waals surface area contributed by atoms with Gasteiger partial charge in [0.05, 0.1) is 18.5 Å². The number of carboxylic acids is 2. The van der Waals surface area contributed by atoms with E-state index >= 15 is 0 Å². The Kier molecular flexibility index (Phi) is 7.71. The van der Waals surface area contributed by atoms with Gasteiger partial charge in [-0.15, -0.1) is 0 Å². The van der Waals surface area contributed by atoms with Gasteiger partial charge in [0.15, 0.2) is 11.5 Å². The number of hydrogen-bond donors (Lipinski definition) is 4. The summed E-state index contributed by atoms with van der Waals surface area (Å²) in [5.74, 6) is -1.20. The number of para-hydroxylation sites is 1. The number of fused-ring (bicyclic) bond motifs is 1. The van der Waals surface area contributed by atoms with E-state index in [9.17, 15) is 5.11 Å². The normalized spacial score (nSPS) is 11.4. The Balaban J connectivity index is 0.000000454. The molecule has 0 saturated heterocycles. The number of aliphatic carboxylic acids is 2. The van der Waals surface area contributed by atoms with Crippen LogP contribution in [0, 0.1) is 0 Å². The van der Waals surface area contributed by atoms with E-state index in [-0.39, 0.29) is 12.5 Å². The van der Waals surface area contributed by atoms with E-state index < -0.39 is 11.9 Å². The van der Waals surface area contributed by atoms with Crippen molar-refractivity contribution in [2.24, 2.45) is 0 Å². The molecule has 11 heteroatoms. The molecule has 0 spiro atoms. The Morgan fingerprint density at radius 2 is 1.85 bits per heavy atom. The summed E-state index contributed by atoms with van der Waals surface area (Å²) in [4.78, 5) is 22.7. The Labute approximate surface area is 188 Å². The number of aromatic hydroxyl groups is 1. The van der Waals surface area contributed by atoms with Crippen molar-refractivity contribution in [3.8, 4) is 28.5 Å². The van der Waals surface area contributed by atoms with Crippen LogP contribution in [0.15, 0.2) is 48.7 Å². The first kappa shape index (κ1) is 23.4. The predicted molar refractivity (Wildman–Crippen MR) is 116 cm³/mol. The van der Waals surface area contributed by atoms with Crippen LogP contribution in [0.5, 0.6) is 17.2 Å². The number of methoxy groups -OCH3 is 1. The number of nitrogens with zero attached hydrogens (tertiary/aromatic N) is 2. The number of aromatic nitrogens is 2. The maximum atomic E-state index is 9.96. The van der Waals surface area contributed by atoms with Crippen molar-refractivity contribution < 1.29 is 39.1 Å². The first-order valence-electron chi connectivity index (χ1n) is 9.82. The molecule has 0 unspecified atom stereocenters. The highest BCUT2D eigenvalue weighted by Crippen LogP contribution is 2.36. The maximum Gasteiger partial charge on any atom is 0.414 e. The molecule has 33 heavy (non-hydrogen) atoms. The number of phenols is 1. The third-order valence-corrected chi connectivity index (χ3v) is 4.65. The van der Waals surface area contributed by atoms with E-state index in [1.807, 2.05) is 36.5 Å². The molecule has 0 bridgehead atoms. The first-order chi connectivity index (χ1) is 15.9. The SMILES string of the molecule is COCCn1c(-c2ccc3c(c2)OCO3)cnc1NCc1ccccc1O.O=C(O)C(=O)O. The quantitative estimate of drug-likeness (QED) is 0.389. The maximum absolute atomic E-state index is 9.96. The number of benzene rings is 2. The standard InChI is InChI=1S/C20H21N3O4.C2H2O4/c1-25-9-8-23-16(14-6-7-18-19(10-14)27-13-26-18)12-22-20(23)21-11-15-4-2-3-5-17(15)24;3-1(4)2(5)6/h2-7,10,12,24H,8-9,11,13H2,1H3,(H,21,22);(H,3,4)(H,5,6). The fourth-order valence-electron chi connectivity index (χ4n) is 3.05. The van der Waals surface area contributed by atoms with Crippen molar-refractivity contribution in [3.05, 3.63) is 54.2 Å². The van der Waals surface area contributed by atoms with E-state index in [2.05, 4.69) is 14.9 Å². The second-order valence-electron chi connectivity index (χ2n) is 6.77. The predicted octanol–water partition coefficient (Wildman–Crippen LogP) is 2.40. The number of rotatable bonds is 7. The van der Waals surface area contributed by atoms with Crippen molar-refractivity contribution in [1.82, 2.24) is 9.55 Å². The topological polar surface area (TPSA) is 152 Å². The molecule has 1 aliphatic heterocycles. The Morgan fingerprint density at radius 1 is 1.12 bits per heavy atom. The number of anilines is 1. The van der Waals surface area contributed by atoms with Crippen LogP contribution in [0.25, 0.3) is 11.3 Å². The van der Waals surface area contributed by atoms with Gasteiger partial charge in [-0.05, 0) is 24.3 Å². The van der Waals surface area contributed by atoms with Crippen LogP contribution in [0.2, 0.25) is 0 Å². The molecule has 4 rings (SSSR count). The van der Waals surface area contributed by atoms with Crippen molar-refractivity contribution in [2.45, 2.75) is 13.1 Å². The zero-order valence-corrected chi connectivity index (χ0v) is 17.7. The third kappa shape index (κ3) is 5.92. The molecule has 0 atom stereocenters. The smallest absolute Gasteiger partial charge is 0.414 e. The molecule has 1 aromatic heterocycles. The van der Waals surface area contributed by atoms with Crippen LogP contribution in [-0.2, 0) is 27.4 Å². The van der Waals surface area contributed by atoms with Gasteiger partial charge in [0.2, 0.25) is 12.7 Å². The van der Waals surface area contributed by atoms with Crippen molar-refractivity contribution >= 4 is 17.9 Å². The zero-order valence-electron chi connectivity index (χ0n) is 17.7. The highest BCUT2D eigenvalue weighted by Gasteiger charge is 2.17. The third-order valence-electron chi connectivity index (χ3n) is 4.65. The molecule has 0 fully saturated rings. The summed E-state index contributed by atoms with van der Waals surface area (Å²) in [6.07, 6.45) is 1.82. The second kappa shape index (κ2) is 10.9. The summed E-state index contributed by atoms with van der Waals surface area (Å²) in [6.45, 7) is 1.91. The zero-order chi connectivity index (χ0) is 23.8. The van der Waals surface area contributed by atoms with Crippen LogP contribution in [0.4, 0.5) is 5.95 Å². The number of ether oxygens (including phenoxy) is 3. The number of nitrogens with one attached hydrogen (secondary N) is 1. The van der Waals surface area contributed by atoms with Gasteiger partial charge in [-0.25, -0.2) is 14.6 Å². The van der Waals surface area contributed by atoms with Crippen LogP contribution in [0.1, 0.15) is 5.56 Å². The summed E-state index contributed by atoms with van der Waals surface area (Å²) in [5, 5.41) is 28.0. The van der Waals surface area contributed by atoms with Gasteiger partial charge >= 0.3 is 11.9 Å². The summed E-state index contributed by atoms with van der Waals surface area (Å²) in [7, 11) is 1.67. The molecule has 174 valence electrons. The van der Waals surface area contributed by atoms with Crippen LogP contribution in [0.3, 0.4) is 0 Å². The van der Waals surface area contributed by atoms with E-state index in [0.717, 1.165) is 28.3 Å². The van der Waals surface area contributed by atoms with Gasteiger partial charge in [0.25, 0.3) is 0 Å². The Hall–Kier alpha value is -4.25. The lowest BCUT2D eigenvalue weighted by atomic mass is 10.1. The largest absolute Gasteiger partial charge is 0.508 e. The van der Waals surface area contributed by atoms with Gasteiger partial charge in [-0.2, -0.15) is 0 Å². The lowest BCUT2D eigenvalue weighted by Gasteiger charge is -2.13. The van der Waals surface area contributed by atoms with Crippen molar-refractivity contribution in [2.75, 3.05) is 25.8 Å². The molecule has 2 heterocycles. The summed E-state index contributed by atoms with van der Waals surface area (Å²) in [6, 6.07) is 13.1. The highest BCUT2D eigenvalue weighted by atomic mass is 16.7. The number of hydrogen-bond acceptors (Lipinski definition) is 8. The molecular weight excluding hydrogens is 434 g/mol. The van der Waals surface area contributed by atoms with E-state index in [4.69, 9.17) is 34.0 Å². The van der Waals surface area contributed by atoms with Crippen molar-refractivity contribution in [1.29, 1.82) is 0 Å². The summed E-state index contributed by atoms with van der Waals surface area (Å²) >= 11 is 0. The lowest BCUT2D eigenvalue weighted by Crippen LogP contribution is -2.11. The molecule has 2 aromatic carbocycles. The first-order valence-corrected chi connectivity index (χ1v) is 9.82. The number of carboxylic acid groups (broad SMARTS) is 2. The van der Waals surface area contributed by atoms with Crippen molar-refractivity contribution in [3.63, 3.8) is 0 Å². The number of phenolic OH excluding ortho intramolecular Hbond substituents is 1. The van der Waals surface area contributed by atoms with Gasteiger partial charge in [0, 0.05) is 31.3 Å². The van der Waals surface area contributed by atoms with E-state index in [1.165, 1.54) is 0 Å². The van der Waals surface area contributed by atoms with E-state index in [0.29, 0.717) is 25.6 Å². The van der Waals surface area contributed by atoms with Gasteiger partial charge in [-0.3, -0.25) is 0 Å². The summed E-state index contributed by atoms with van der Waals surface area (Å²) in [5.41, 5.74) is 2.74. The molecule has 0 saturated carbocycles. The minimum absolute atomic E-state index is 0.245. The minimum atomic E-state index is -1.82. The average molecular weight is 457 g/mol. The lowest BCUT2D eigenvalue weighted by molar-refractivity contribution is -0.159. The van der Waals surface area contributed by atoms with Crippen LogP contribution >= 0.6 is 0 Å². The molecule has 0 radical (unpaired) electrons. The average Bonchev–Trinajstić information content (AvgIpc) is 3.43. The van der Waals surface area contributed by atoms with Gasteiger partial charge in [-0.1, -0.05) is 18.2 Å². The van der Waals surface area contributed by atoms with Crippen LogP contribution < -0.4 is 14.8 Å². The summed E-state index contributed by atoms with van der Waals surface area (Å²) < 4.78 is 18.2. The molecule has 0 aliphatic carbocycles. The van der Waals surface area contributed by atoms with Crippen LogP contribution in [-0.4, -0.2) is 57.3 Å². The second-order valence-corrected chi connectivity index (χ2v) is 6.77. The monoisotopic (exact) mass is 457 g/mol. The molecular formula is C22H23N3O8. The molecule has 0 amide bonds. The Morgan fingerprint density at radius 3 is 2.55 bits per heavy atom. The molecule has 1 aliphatic rings. The van der Waals surface area contributed by atoms with E-state index in [1.54, 1.807) is 19.2 Å². The Bertz CT molecular complexity index is 1120. The van der Waals surface area contributed by atoms with Gasteiger partial charge < -0.3 is 39.4 Å². The van der Waals surface area contributed by atoms with Gasteiger partial charge in [0.1, 0.15) is 5.75 Å². The molecule has 11 nitrogen and oxygen atoms in total. The minimum Gasteiger partial charge on any atom is -0.508 e. The number of carbonyl (C=O) groups is 2. The fourth-order valence-corrected chi connectivity index (χ4v) is 3.05. The number of imidazole rings is 1. The molecule has 4 N–H and O–H groups in total. The molecule has 3 aromatic rings. The highest BCUT2D eigenvalue weighted by molar-refractivity contribution is 6.27.